The van der Waals surface area contributed by atoms with Crippen LogP contribution < -0.4 is 10.6 Å². The first-order chi connectivity index (χ1) is 16.7. The van der Waals surface area contributed by atoms with Crippen molar-refractivity contribution in [2.24, 2.45) is 5.92 Å². The topological polar surface area (TPSA) is 118 Å². The first kappa shape index (κ1) is 23.6. The van der Waals surface area contributed by atoms with Gasteiger partial charge in [0.05, 0.1) is 11.5 Å². The number of rotatable bonds is 2. The summed E-state index contributed by atoms with van der Waals surface area (Å²) in [5, 5.41) is 6.70. The van der Waals surface area contributed by atoms with Gasteiger partial charge in [-0.05, 0) is 52.5 Å². The fourth-order valence-electron chi connectivity index (χ4n) is 5.62. The number of aromatic nitrogens is 3. The highest BCUT2D eigenvalue weighted by Crippen LogP contribution is 2.40. The zero-order valence-corrected chi connectivity index (χ0v) is 20.7. The van der Waals surface area contributed by atoms with Crippen LogP contribution in [0.4, 0.5) is 10.7 Å². The monoisotopic (exact) mass is 482 g/mol. The number of piperidine rings is 1. The average Bonchev–Trinajstić information content (AvgIpc) is 3.22. The third-order valence-corrected chi connectivity index (χ3v) is 7.29. The molecule has 0 unspecified atom stereocenters. The Morgan fingerprint density at radius 3 is 2.71 bits per heavy atom. The number of nitrogens with zero attached hydrogens (tertiary/aromatic N) is 4. The molecule has 2 N–H and O–H groups in total. The van der Waals surface area contributed by atoms with Gasteiger partial charge in [0.15, 0.2) is 0 Å². The summed E-state index contributed by atoms with van der Waals surface area (Å²) in [5.74, 6) is -0.468. The minimum absolute atomic E-state index is 0.103. The van der Waals surface area contributed by atoms with Crippen LogP contribution in [0.15, 0.2) is 12.3 Å². The molecule has 1 atom stereocenters. The molecule has 10 heteroatoms. The Morgan fingerprint density at radius 1 is 1.20 bits per heavy atom. The van der Waals surface area contributed by atoms with Crippen LogP contribution in [-0.2, 0) is 15.1 Å². The Morgan fingerprint density at radius 2 is 1.97 bits per heavy atom. The SMILES string of the molecule is CC(C)(C)OC(=O)N1CCC[C@@H](C(=O)Nc2ncc3cc4n(c3n2)C2(CCCCC2)CNC4=O)C1. The molecular formula is C25H34N6O4. The van der Waals surface area contributed by atoms with Crippen molar-refractivity contribution in [3.8, 4) is 0 Å². The van der Waals surface area contributed by atoms with Gasteiger partial charge in [-0.25, -0.2) is 9.78 Å². The van der Waals surface area contributed by atoms with E-state index in [0.717, 1.165) is 37.5 Å². The predicted molar refractivity (Wildman–Crippen MR) is 130 cm³/mol. The van der Waals surface area contributed by atoms with E-state index < -0.39 is 11.7 Å². The first-order valence-electron chi connectivity index (χ1n) is 12.6. The van der Waals surface area contributed by atoms with Gasteiger partial charge < -0.3 is 19.5 Å². The second-order valence-corrected chi connectivity index (χ2v) is 11.1. The molecular weight excluding hydrogens is 448 g/mol. The van der Waals surface area contributed by atoms with Crippen molar-refractivity contribution in [3.05, 3.63) is 18.0 Å². The van der Waals surface area contributed by atoms with Gasteiger partial charge in [-0.1, -0.05) is 19.3 Å². The van der Waals surface area contributed by atoms with E-state index in [2.05, 4.69) is 20.2 Å². The highest BCUT2D eigenvalue weighted by atomic mass is 16.6. The van der Waals surface area contributed by atoms with Crippen molar-refractivity contribution < 1.29 is 19.1 Å². The Kier molecular flexibility index (Phi) is 5.93. The van der Waals surface area contributed by atoms with Gasteiger partial charge in [-0.15, -0.1) is 0 Å². The Labute approximate surface area is 204 Å². The lowest BCUT2D eigenvalue weighted by molar-refractivity contribution is -0.121. The van der Waals surface area contributed by atoms with Crippen molar-refractivity contribution in [1.29, 1.82) is 0 Å². The van der Waals surface area contributed by atoms with Crippen LogP contribution in [0.2, 0.25) is 0 Å². The number of carbonyl (C=O) groups is 3. The lowest BCUT2D eigenvalue weighted by Crippen LogP contribution is -2.52. The van der Waals surface area contributed by atoms with Crippen LogP contribution in [-0.4, -0.2) is 62.6 Å². The van der Waals surface area contributed by atoms with E-state index in [1.807, 2.05) is 26.8 Å². The van der Waals surface area contributed by atoms with Crippen molar-refractivity contribution in [2.75, 3.05) is 25.0 Å². The molecule has 2 aromatic rings. The van der Waals surface area contributed by atoms with Gasteiger partial charge in [-0.2, -0.15) is 4.98 Å². The molecule has 1 saturated heterocycles. The number of hydrogen-bond acceptors (Lipinski definition) is 6. The van der Waals surface area contributed by atoms with Crippen molar-refractivity contribution in [3.63, 3.8) is 0 Å². The summed E-state index contributed by atoms with van der Waals surface area (Å²) in [6, 6.07) is 1.84. The lowest BCUT2D eigenvalue weighted by atomic mass is 9.80. The summed E-state index contributed by atoms with van der Waals surface area (Å²) in [6.07, 6.45) is 8.06. The molecule has 0 radical (unpaired) electrons. The fourth-order valence-corrected chi connectivity index (χ4v) is 5.62. The van der Waals surface area contributed by atoms with Crippen LogP contribution >= 0.6 is 0 Å². The van der Waals surface area contributed by atoms with Crippen LogP contribution in [0, 0.1) is 5.92 Å². The summed E-state index contributed by atoms with van der Waals surface area (Å²) in [6.45, 7) is 6.95. The number of ether oxygens (including phenoxy) is 1. The molecule has 2 aliphatic heterocycles. The van der Waals surface area contributed by atoms with Crippen molar-refractivity contribution in [1.82, 2.24) is 24.8 Å². The molecule has 2 fully saturated rings. The molecule has 10 nitrogen and oxygen atoms in total. The molecule has 0 bridgehead atoms. The van der Waals surface area contributed by atoms with Crippen LogP contribution in [0.1, 0.15) is 76.2 Å². The second-order valence-electron chi connectivity index (χ2n) is 11.1. The molecule has 35 heavy (non-hydrogen) atoms. The molecule has 0 aromatic carbocycles. The smallest absolute Gasteiger partial charge is 0.410 e. The van der Waals surface area contributed by atoms with Gasteiger partial charge in [0.2, 0.25) is 11.9 Å². The maximum Gasteiger partial charge on any atom is 0.410 e. The quantitative estimate of drug-likeness (QED) is 0.677. The van der Waals surface area contributed by atoms with E-state index in [1.54, 1.807) is 11.1 Å². The van der Waals surface area contributed by atoms with E-state index >= 15 is 0 Å². The lowest BCUT2D eigenvalue weighted by Gasteiger charge is -2.42. The fraction of sp³-hybridized carbons (Fsp3) is 0.640. The Bertz CT molecular complexity index is 1160. The maximum atomic E-state index is 13.1. The summed E-state index contributed by atoms with van der Waals surface area (Å²) < 4.78 is 7.56. The van der Waals surface area contributed by atoms with Gasteiger partial charge in [0.1, 0.15) is 16.9 Å². The molecule has 2 aromatic heterocycles. The van der Waals surface area contributed by atoms with E-state index in [9.17, 15) is 14.4 Å². The zero-order chi connectivity index (χ0) is 24.8. The number of fused-ring (bicyclic) bond motifs is 4. The van der Waals surface area contributed by atoms with Gasteiger partial charge in [0.25, 0.3) is 5.91 Å². The molecule has 1 spiro atoms. The number of amides is 3. The Balaban J connectivity index is 1.36. The number of anilines is 1. The van der Waals surface area contributed by atoms with Crippen LogP contribution in [0.5, 0.6) is 0 Å². The molecule has 3 aliphatic rings. The summed E-state index contributed by atoms with van der Waals surface area (Å²) in [5.41, 5.74) is 0.515. The summed E-state index contributed by atoms with van der Waals surface area (Å²) in [4.78, 5) is 48.9. The standard InChI is InChI=1S/C25H34N6O4/c1-24(2,3)35-23(34)30-11-7-8-16(14-30)20(32)29-22-26-13-17-12-18-21(33)27-15-25(9-5-4-6-10-25)31(18)19(17)28-22/h12-13,16H,4-11,14-15H2,1-3H3,(H,27,33)(H,26,28,29,32)/t16-/m1/s1. The van der Waals surface area contributed by atoms with Crippen LogP contribution in [0.3, 0.4) is 0 Å². The van der Waals surface area contributed by atoms with Crippen molar-refractivity contribution >= 4 is 34.9 Å². The van der Waals surface area contributed by atoms with E-state index in [0.29, 0.717) is 37.4 Å². The molecule has 4 heterocycles. The third kappa shape index (κ3) is 4.58. The van der Waals surface area contributed by atoms with E-state index in [1.165, 1.54) is 6.42 Å². The maximum absolute atomic E-state index is 13.1. The van der Waals surface area contributed by atoms with E-state index in [4.69, 9.17) is 9.72 Å². The number of nitrogens with one attached hydrogen (secondary N) is 2. The number of likely N-dealkylation sites (tertiary alicyclic amines) is 1. The molecule has 1 saturated carbocycles. The summed E-state index contributed by atoms with van der Waals surface area (Å²) in [7, 11) is 0. The zero-order valence-electron chi connectivity index (χ0n) is 20.7. The number of carbonyl (C=O) groups excluding carboxylic acids is 3. The minimum Gasteiger partial charge on any atom is -0.444 e. The Hall–Kier alpha value is -3.17. The molecule has 5 rings (SSSR count). The average molecular weight is 483 g/mol. The minimum atomic E-state index is -0.585. The number of hydrogen-bond donors (Lipinski definition) is 2. The summed E-state index contributed by atoms with van der Waals surface area (Å²) >= 11 is 0. The highest BCUT2D eigenvalue weighted by Gasteiger charge is 2.41. The first-order valence-corrected chi connectivity index (χ1v) is 12.6. The van der Waals surface area contributed by atoms with Gasteiger partial charge in [-0.3, -0.25) is 14.9 Å². The van der Waals surface area contributed by atoms with Gasteiger partial charge >= 0.3 is 6.09 Å². The highest BCUT2D eigenvalue weighted by molar-refractivity contribution is 5.99. The normalized spacial score (nSPS) is 22.0. The molecule has 188 valence electrons. The van der Waals surface area contributed by atoms with Gasteiger partial charge in [0, 0.05) is 31.2 Å². The second kappa shape index (κ2) is 8.80. The predicted octanol–water partition coefficient (Wildman–Crippen LogP) is 3.42. The molecule has 3 amide bonds. The molecule has 1 aliphatic carbocycles. The van der Waals surface area contributed by atoms with Crippen LogP contribution in [0.25, 0.3) is 11.0 Å². The van der Waals surface area contributed by atoms with E-state index in [-0.39, 0.29) is 29.2 Å². The van der Waals surface area contributed by atoms with Crippen molar-refractivity contribution in [2.45, 2.75) is 76.9 Å². The third-order valence-electron chi connectivity index (χ3n) is 7.29. The largest absolute Gasteiger partial charge is 0.444 e.